The standard InChI is InChI=1S/C25H30N2O2/c1-27(18-19-8-4-2-5-9-19)24(29)25(16-6-3-7-17-25)21-12-14-22(15-13-21)26-23(28)20-10-11-20/h2,4-5,8-9,12-15,20H,3,6-7,10-11,16-18H2,1H3,(H,26,28). The highest BCUT2D eigenvalue weighted by Gasteiger charge is 2.42. The van der Waals surface area contributed by atoms with Crippen LogP contribution in [-0.4, -0.2) is 23.8 Å². The van der Waals surface area contributed by atoms with Gasteiger partial charge >= 0.3 is 0 Å². The van der Waals surface area contributed by atoms with Crippen LogP contribution in [0.15, 0.2) is 54.6 Å². The molecule has 2 amide bonds. The van der Waals surface area contributed by atoms with Crippen LogP contribution in [0.5, 0.6) is 0 Å². The fraction of sp³-hybridized carbons (Fsp3) is 0.440. The molecule has 0 spiro atoms. The van der Waals surface area contributed by atoms with Gasteiger partial charge in [0.25, 0.3) is 0 Å². The summed E-state index contributed by atoms with van der Waals surface area (Å²) in [6.07, 6.45) is 7.10. The third-order valence-electron chi connectivity index (χ3n) is 6.38. The molecule has 0 saturated heterocycles. The molecule has 4 heteroatoms. The highest BCUT2D eigenvalue weighted by Crippen LogP contribution is 2.41. The summed E-state index contributed by atoms with van der Waals surface area (Å²) >= 11 is 0. The van der Waals surface area contributed by atoms with Crippen molar-refractivity contribution in [3.8, 4) is 0 Å². The Morgan fingerprint density at radius 1 is 0.966 bits per heavy atom. The molecule has 2 fully saturated rings. The molecule has 0 aliphatic heterocycles. The molecule has 2 aliphatic rings. The monoisotopic (exact) mass is 390 g/mol. The molecular weight excluding hydrogens is 360 g/mol. The highest BCUT2D eigenvalue weighted by molar-refractivity contribution is 5.94. The normalized spacial score (nSPS) is 18.1. The summed E-state index contributed by atoms with van der Waals surface area (Å²) in [7, 11) is 1.91. The van der Waals surface area contributed by atoms with Gasteiger partial charge in [0.05, 0.1) is 5.41 Å². The largest absolute Gasteiger partial charge is 0.341 e. The van der Waals surface area contributed by atoms with Crippen LogP contribution in [0.2, 0.25) is 0 Å². The summed E-state index contributed by atoms with van der Waals surface area (Å²) in [6, 6.07) is 18.1. The van der Waals surface area contributed by atoms with Crippen LogP contribution >= 0.6 is 0 Å². The minimum Gasteiger partial charge on any atom is -0.341 e. The molecule has 2 saturated carbocycles. The predicted molar refractivity (Wildman–Crippen MR) is 115 cm³/mol. The van der Waals surface area contributed by atoms with Gasteiger partial charge in [0.1, 0.15) is 0 Å². The maximum atomic E-state index is 13.6. The van der Waals surface area contributed by atoms with Gasteiger partial charge in [-0.05, 0) is 48.9 Å². The second-order valence-corrected chi connectivity index (χ2v) is 8.63. The van der Waals surface area contributed by atoms with Crippen molar-refractivity contribution >= 4 is 17.5 Å². The van der Waals surface area contributed by atoms with E-state index in [1.807, 2.05) is 54.4 Å². The summed E-state index contributed by atoms with van der Waals surface area (Å²) in [5.74, 6) is 0.507. The van der Waals surface area contributed by atoms with Crippen LogP contribution in [0.4, 0.5) is 5.69 Å². The van der Waals surface area contributed by atoms with Gasteiger partial charge in [-0.3, -0.25) is 9.59 Å². The summed E-state index contributed by atoms with van der Waals surface area (Å²) in [4.78, 5) is 27.5. The van der Waals surface area contributed by atoms with E-state index >= 15 is 0 Å². The number of carbonyl (C=O) groups excluding carboxylic acids is 2. The summed E-state index contributed by atoms with van der Waals surface area (Å²) in [6.45, 7) is 0.622. The van der Waals surface area contributed by atoms with E-state index in [4.69, 9.17) is 0 Å². The van der Waals surface area contributed by atoms with Crippen LogP contribution in [0.25, 0.3) is 0 Å². The maximum Gasteiger partial charge on any atom is 0.233 e. The Labute approximate surface area is 173 Å². The van der Waals surface area contributed by atoms with Gasteiger partial charge in [-0.25, -0.2) is 0 Å². The first-order chi connectivity index (χ1) is 14.1. The van der Waals surface area contributed by atoms with E-state index in [2.05, 4.69) is 17.4 Å². The zero-order chi connectivity index (χ0) is 20.3. The number of hydrogen-bond donors (Lipinski definition) is 1. The van der Waals surface area contributed by atoms with Crippen molar-refractivity contribution in [1.29, 1.82) is 0 Å². The van der Waals surface area contributed by atoms with Gasteiger partial charge in [-0.15, -0.1) is 0 Å². The number of nitrogens with zero attached hydrogens (tertiary/aromatic N) is 1. The number of anilines is 1. The topological polar surface area (TPSA) is 49.4 Å². The van der Waals surface area contributed by atoms with Gasteiger partial charge < -0.3 is 10.2 Å². The first-order valence-electron chi connectivity index (χ1n) is 10.8. The molecule has 0 aromatic heterocycles. The lowest BCUT2D eigenvalue weighted by atomic mass is 9.68. The van der Waals surface area contributed by atoms with E-state index < -0.39 is 5.41 Å². The number of hydrogen-bond acceptors (Lipinski definition) is 2. The Balaban J connectivity index is 1.54. The molecule has 152 valence electrons. The molecule has 4 rings (SSSR count). The van der Waals surface area contributed by atoms with E-state index in [1.165, 1.54) is 6.42 Å². The van der Waals surface area contributed by atoms with E-state index in [-0.39, 0.29) is 17.7 Å². The van der Waals surface area contributed by atoms with Gasteiger partial charge in [-0.1, -0.05) is 61.7 Å². The third-order valence-corrected chi connectivity index (χ3v) is 6.38. The van der Waals surface area contributed by atoms with Gasteiger partial charge in [-0.2, -0.15) is 0 Å². The highest BCUT2D eigenvalue weighted by atomic mass is 16.2. The van der Waals surface area contributed by atoms with Gasteiger partial charge in [0.15, 0.2) is 0 Å². The molecule has 0 radical (unpaired) electrons. The molecule has 2 aliphatic carbocycles. The van der Waals surface area contributed by atoms with Crippen molar-refractivity contribution in [3.63, 3.8) is 0 Å². The van der Waals surface area contributed by atoms with Crippen molar-refractivity contribution in [2.75, 3.05) is 12.4 Å². The fourth-order valence-corrected chi connectivity index (χ4v) is 4.54. The number of likely N-dealkylation sites (N-methyl/N-ethyl adjacent to an activating group) is 1. The number of nitrogens with one attached hydrogen (secondary N) is 1. The molecule has 1 N–H and O–H groups in total. The molecule has 0 unspecified atom stereocenters. The minimum absolute atomic E-state index is 0.115. The third kappa shape index (κ3) is 4.36. The average Bonchev–Trinajstić information content (AvgIpc) is 3.60. The van der Waals surface area contributed by atoms with E-state index in [0.717, 1.165) is 55.3 Å². The summed E-state index contributed by atoms with van der Waals surface area (Å²) in [5.41, 5.74) is 2.58. The quantitative estimate of drug-likeness (QED) is 0.763. The first kappa shape index (κ1) is 19.7. The molecule has 0 bridgehead atoms. The SMILES string of the molecule is CN(Cc1ccccc1)C(=O)C1(c2ccc(NC(=O)C3CC3)cc2)CCCCC1. The van der Waals surface area contributed by atoms with Gasteiger partial charge in [0, 0.05) is 25.2 Å². The summed E-state index contributed by atoms with van der Waals surface area (Å²) in [5, 5.41) is 3.00. The zero-order valence-electron chi connectivity index (χ0n) is 17.2. The Bertz CT molecular complexity index is 850. The van der Waals surface area contributed by atoms with Crippen molar-refractivity contribution in [2.24, 2.45) is 5.92 Å². The zero-order valence-corrected chi connectivity index (χ0v) is 17.2. The smallest absolute Gasteiger partial charge is 0.233 e. The lowest BCUT2D eigenvalue weighted by Gasteiger charge is -2.39. The molecule has 0 heterocycles. The second-order valence-electron chi connectivity index (χ2n) is 8.63. The van der Waals surface area contributed by atoms with Crippen LogP contribution in [0.1, 0.15) is 56.1 Å². The lowest BCUT2D eigenvalue weighted by molar-refractivity contribution is -0.138. The first-order valence-corrected chi connectivity index (χ1v) is 10.8. The van der Waals surface area contributed by atoms with E-state index in [1.54, 1.807) is 0 Å². The van der Waals surface area contributed by atoms with Crippen molar-refractivity contribution in [2.45, 2.75) is 56.9 Å². The predicted octanol–water partition coefficient (Wildman–Crippen LogP) is 4.90. The van der Waals surface area contributed by atoms with Crippen LogP contribution in [-0.2, 0) is 21.5 Å². The van der Waals surface area contributed by atoms with Gasteiger partial charge in [0.2, 0.25) is 11.8 Å². The fourth-order valence-electron chi connectivity index (χ4n) is 4.54. The van der Waals surface area contributed by atoms with Crippen molar-refractivity contribution < 1.29 is 9.59 Å². The van der Waals surface area contributed by atoms with Crippen LogP contribution < -0.4 is 5.32 Å². The molecule has 4 nitrogen and oxygen atoms in total. The second kappa shape index (κ2) is 8.40. The Morgan fingerprint density at radius 3 is 2.24 bits per heavy atom. The molecule has 2 aromatic carbocycles. The Morgan fingerprint density at radius 2 is 1.62 bits per heavy atom. The van der Waals surface area contributed by atoms with Crippen molar-refractivity contribution in [3.05, 3.63) is 65.7 Å². The molecule has 29 heavy (non-hydrogen) atoms. The number of carbonyl (C=O) groups is 2. The van der Waals surface area contributed by atoms with E-state index in [9.17, 15) is 9.59 Å². The molecule has 0 atom stereocenters. The number of benzene rings is 2. The minimum atomic E-state index is -0.458. The van der Waals surface area contributed by atoms with Crippen LogP contribution in [0.3, 0.4) is 0 Å². The van der Waals surface area contributed by atoms with Crippen LogP contribution in [0, 0.1) is 5.92 Å². The number of amides is 2. The maximum absolute atomic E-state index is 13.6. The number of rotatable bonds is 6. The molecule has 2 aromatic rings. The van der Waals surface area contributed by atoms with E-state index in [0.29, 0.717) is 6.54 Å². The Kier molecular flexibility index (Phi) is 5.70. The average molecular weight is 391 g/mol. The lowest BCUT2D eigenvalue weighted by Crippen LogP contribution is -2.46. The summed E-state index contributed by atoms with van der Waals surface area (Å²) < 4.78 is 0. The van der Waals surface area contributed by atoms with Crippen molar-refractivity contribution in [1.82, 2.24) is 4.90 Å². The Hall–Kier alpha value is -2.62. The molecular formula is C25H30N2O2.